The van der Waals surface area contributed by atoms with E-state index in [0.717, 1.165) is 69.0 Å². The van der Waals surface area contributed by atoms with Crippen LogP contribution in [0.1, 0.15) is 56.9 Å². The first-order valence-corrected chi connectivity index (χ1v) is 13.2. The Labute approximate surface area is 209 Å². The average molecular weight is 482 g/mol. The molecule has 2 aliphatic rings. The molecule has 1 heterocycles. The maximum Gasteiger partial charge on any atom is 0.217 e. The Morgan fingerprint density at radius 2 is 1.71 bits per heavy atom. The van der Waals surface area contributed by atoms with Gasteiger partial charge in [-0.05, 0) is 55.5 Å². The molecule has 0 radical (unpaired) electrons. The number of amides is 1. The summed E-state index contributed by atoms with van der Waals surface area (Å²) in [5, 5.41) is 3.26. The van der Waals surface area contributed by atoms with Gasteiger partial charge >= 0.3 is 0 Å². The largest absolute Gasteiger partial charge is 0.495 e. The highest BCUT2D eigenvalue weighted by Gasteiger charge is 2.34. The van der Waals surface area contributed by atoms with Crippen molar-refractivity contribution >= 4 is 11.6 Å². The number of ether oxygens (including phenoxy) is 1. The van der Waals surface area contributed by atoms with Gasteiger partial charge in [-0.25, -0.2) is 4.39 Å². The zero-order chi connectivity index (χ0) is 24.6. The number of piperazine rings is 1. The number of hydrogen-bond donors (Lipinski definition) is 1. The molecule has 0 aromatic heterocycles. The maximum atomic E-state index is 15.0. The molecule has 5 nitrogen and oxygen atoms in total. The topological polar surface area (TPSA) is 44.8 Å². The molecule has 1 aliphatic heterocycles. The smallest absolute Gasteiger partial charge is 0.217 e. The predicted molar refractivity (Wildman–Crippen MR) is 140 cm³/mol. The van der Waals surface area contributed by atoms with Crippen LogP contribution in [0.3, 0.4) is 0 Å². The minimum Gasteiger partial charge on any atom is -0.495 e. The number of methoxy groups -OCH3 is 1. The van der Waals surface area contributed by atoms with Crippen molar-refractivity contribution in [3.63, 3.8) is 0 Å². The van der Waals surface area contributed by atoms with Gasteiger partial charge in [-0.1, -0.05) is 49.6 Å². The Hall–Kier alpha value is -2.60. The minimum atomic E-state index is -0.162. The van der Waals surface area contributed by atoms with Crippen molar-refractivity contribution in [3.05, 3.63) is 59.9 Å². The number of carbonyl (C=O) groups is 1. The van der Waals surface area contributed by atoms with Gasteiger partial charge in [-0.15, -0.1) is 0 Å². The molecule has 6 heteroatoms. The molecule has 190 valence electrons. The molecular weight excluding hydrogens is 441 g/mol. The van der Waals surface area contributed by atoms with Gasteiger partial charge in [0.1, 0.15) is 11.6 Å². The van der Waals surface area contributed by atoms with Crippen LogP contribution in [0.15, 0.2) is 48.5 Å². The maximum absolute atomic E-state index is 15.0. The van der Waals surface area contributed by atoms with Gasteiger partial charge in [-0.3, -0.25) is 9.69 Å². The first-order valence-electron chi connectivity index (χ1n) is 13.2. The quantitative estimate of drug-likeness (QED) is 0.534. The lowest BCUT2D eigenvalue weighted by Gasteiger charge is -2.39. The van der Waals surface area contributed by atoms with Crippen LogP contribution in [0.2, 0.25) is 0 Å². The summed E-state index contributed by atoms with van der Waals surface area (Å²) in [4.78, 5) is 17.1. The second kappa shape index (κ2) is 12.4. The second-order valence-corrected chi connectivity index (χ2v) is 10.0. The highest BCUT2D eigenvalue weighted by Crippen LogP contribution is 2.37. The van der Waals surface area contributed by atoms with Crippen LogP contribution in [-0.2, 0) is 4.79 Å². The molecule has 0 unspecified atom stereocenters. The van der Waals surface area contributed by atoms with Crippen LogP contribution in [0.5, 0.6) is 5.75 Å². The van der Waals surface area contributed by atoms with E-state index >= 15 is 4.39 Å². The monoisotopic (exact) mass is 481 g/mol. The second-order valence-electron chi connectivity index (χ2n) is 10.0. The van der Waals surface area contributed by atoms with Crippen molar-refractivity contribution in [2.45, 2.75) is 57.4 Å². The number of halogens is 1. The summed E-state index contributed by atoms with van der Waals surface area (Å²) in [6, 6.07) is 15.3. The van der Waals surface area contributed by atoms with E-state index in [1.165, 1.54) is 19.3 Å². The van der Waals surface area contributed by atoms with Crippen molar-refractivity contribution in [3.8, 4) is 5.75 Å². The number of nitrogens with one attached hydrogen (secondary N) is 1. The summed E-state index contributed by atoms with van der Waals surface area (Å²) in [6.45, 7) is 6.25. The number of anilines is 1. The molecule has 4 rings (SSSR count). The van der Waals surface area contributed by atoms with E-state index < -0.39 is 0 Å². The Morgan fingerprint density at radius 3 is 2.40 bits per heavy atom. The van der Waals surface area contributed by atoms with E-state index in [2.05, 4.69) is 27.2 Å². The number of para-hydroxylation sites is 2. The summed E-state index contributed by atoms with van der Waals surface area (Å²) in [5.41, 5.74) is 1.88. The summed E-state index contributed by atoms with van der Waals surface area (Å²) in [5.74, 6) is 1.10. The van der Waals surface area contributed by atoms with Crippen molar-refractivity contribution in [1.29, 1.82) is 0 Å². The van der Waals surface area contributed by atoms with E-state index in [4.69, 9.17) is 4.74 Å². The Balaban J connectivity index is 1.46. The summed E-state index contributed by atoms with van der Waals surface area (Å²) in [7, 11) is 1.72. The number of rotatable bonds is 9. The lowest BCUT2D eigenvalue weighted by atomic mass is 9.75. The van der Waals surface area contributed by atoms with Crippen LogP contribution in [0.4, 0.5) is 10.1 Å². The summed E-state index contributed by atoms with van der Waals surface area (Å²) in [6.07, 6.45) is 6.67. The first kappa shape index (κ1) is 25.5. The number of carbonyl (C=O) groups excluding carboxylic acids is 1. The lowest BCUT2D eigenvalue weighted by molar-refractivity contribution is -0.120. The van der Waals surface area contributed by atoms with Gasteiger partial charge in [0.15, 0.2) is 0 Å². The molecule has 2 fully saturated rings. The third-order valence-corrected chi connectivity index (χ3v) is 7.82. The van der Waals surface area contributed by atoms with Gasteiger partial charge in [-0.2, -0.15) is 0 Å². The molecule has 1 aliphatic carbocycles. The van der Waals surface area contributed by atoms with Crippen LogP contribution in [-0.4, -0.2) is 56.7 Å². The highest BCUT2D eigenvalue weighted by atomic mass is 19.1. The molecule has 1 amide bonds. The third kappa shape index (κ3) is 6.54. The van der Waals surface area contributed by atoms with Crippen LogP contribution in [0.25, 0.3) is 0 Å². The van der Waals surface area contributed by atoms with Crippen LogP contribution >= 0.6 is 0 Å². The average Bonchev–Trinajstić information content (AvgIpc) is 2.89. The van der Waals surface area contributed by atoms with Gasteiger partial charge in [0.05, 0.1) is 12.8 Å². The molecule has 2 atom stereocenters. The lowest BCUT2D eigenvalue weighted by Crippen LogP contribution is -2.48. The van der Waals surface area contributed by atoms with E-state index in [-0.39, 0.29) is 23.7 Å². The molecule has 2 aromatic rings. The number of benzene rings is 2. The molecule has 1 N–H and O–H groups in total. The van der Waals surface area contributed by atoms with Gasteiger partial charge in [0.2, 0.25) is 5.91 Å². The van der Waals surface area contributed by atoms with Crippen molar-refractivity contribution in [2.24, 2.45) is 5.92 Å². The standard InChI is InChI=1S/C29H40FN3O2/c1-22(34)31-29(23-10-4-3-5-11-23)25(24-12-6-7-13-26(24)30)16-17-32-18-20-33(21-19-32)27-14-8-9-15-28(27)35-2/h6-9,12-15,23,25,29H,3-5,10-11,16-21H2,1-2H3,(H,31,34)/t25-,29-/m1/s1. The molecular formula is C29H40FN3O2. The fourth-order valence-electron chi connectivity index (χ4n) is 6.00. The fourth-order valence-corrected chi connectivity index (χ4v) is 6.00. The van der Waals surface area contributed by atoms with Crippen molar-refractivity contribution < 1.29 is 13.9 Å². The fraction of sp³-hybridized carbons (Fsp3) is 0.552. The van der Waals surface area contributed by atoms with E-state index in [9.17, 15) is 4.79 Å². The Bertz CT molecular complexity index is 954. The molecule has 2 aromatic carbocycles. The molecule has 0 bridgehead atoms. The third-order valence-electron chi connectivity index (χ3n) is 7.82. The minimum absolute atomic E-state index is 0.0210. The number of nitrogens with zero attached hydrogens (tertiary/aromatic N) is 2. The highest BCUT2D eigenvalue weighted by molar-refractivity contribution is 5.73. The summed E-state index contributed by atoms with van der Waals surface area (Å²) < 4.78 is 20.6. The molecule has 0 spiro atoms. The summed E-state index contributed by atoms with van der Waals surface area (Å²) >= 11 is 0. The van der Waals surface area contributed by atoms with Crippen LogP contribution < -0.4 is 15.0 Å². The first-order chi connectivity index (χ1) is 17.1. The normalized spacial score (nSPS) is 19.2. The van der Waals surface area contributed by atoms with E-state index in [1.54, 1.807) is 26.2 Å². The zero-order valence-corrected chi connectivity index (χ0v) is 21.2. The number of hydrogen-bond acceptors (Lipinski definition) is 4. The van der Waals surface area contributed by atoms with Gasteiger partial charge < -0.3 is 15.0 Å². The predicted octanol–water partition coefficient (Wildman–Crippen LogP) is 5.22. The van der Waals surface area contributed by atoms with Crippen molar-refractivity contribution in [1.82, 2.24) is 10.2 Å². The van der Waals surface area contributed by atoms with Gasteiger partial charge in [0, 0.05) is 45.1 Å². The van der Waals surface area contributed by atoms with E-state index in [0.29, 0.717) is 5.92 Å². The SMILES string of the molecule is COc1ccccc1N1CCN(CC[C@H](c2ccccc2F)[C@H](NC(C)=O)C2CCCCC2)CC1. The van der Waals surface area contributed by atoms with E-state index in [1.807, 2.05) is 24.3 Å². The Morgan fingerprint density at radius 1 is 1.03 bits per heavy atom. The van der Waals surface area contributed by atoms with Crippen molar-refractivity contribution in [2.75, 3.05) is 44.7 Å². The molecule has 35 heavy (non-hydrogen) atoms. The molecule has 1 saturated carbocycles. The zero-order valence-electron chi connectivity index (χ0n) is 21.2. The van der Waals surface area contributed by atoms with Crippen LogP contribution in [0, 0.1) is 11.7 Å². The Kier molecular flexibility index (Phi) is 9.02. The molecule has 1 saturated heterocycles. The van der Waals surface area contributed by atoms with Gasteiger partial charge in [0.25, 0.3) is 0 Å².